The molecule has 0 saturated carbocycles. The third kappa shape index (κ3) is 5.30. The third-order valence-electron chi connectivity index (χ3n) is 7.49. The number of rotatable bonds is 4. The van der Waals surface area contributed by atoms with E-state index < -0.39 is 0 Å². The quantitative estimate of drug-likeness (QED) is 0.525. The Morgan fingerprint density at radius 3 is 2.62 bits per heavy atom. The molecule has 0 spiro atoms. The number of benzene rings is 1. The van der Waals surface area contributed by atoms with Crippen molar-refractivity contribution in [2.75, 3.05) is 41.7 Å². The Bertz CT molecular complexity index is 1310. The number of hydrogen-bond donors (Lipinski definition) is 2. The number of phenolic OH excluding ortho intramolecular Hbond substituents is 1. The van der Waals surface area contributed by atoms with Crippen molar-refractivity contribution in [2.45, 2.75) is 51.7 Å². The standard InChI is InChI=1S/C28H34N8O/c1-19-11-14-34(24-18-23(32-33-28(24)29)22-7-4-5-8-25(22)37)15-16-36(19)27-10-12-30-26(31-27)9-6-13-35-20(2)17-21(35)3/h4-5,7-8,10,12,18-21,37H,11,13-17H2,1-3H3,(H2,29,33)/t19-,20-,21-/m1/s1. The summed E-state index contributed by atoms with van der Waals surface area (Å²) in [5.41, 5.74) is 8.31. The number of aromatic hydroxyl groups is 1. The van der Waals surface area contributed by atoms with Crippen LogP contribution in [0.5, 0.6) is 5.75 Å². The summed E-state index contributed by atoms with van der Waals surface area (Å²) in [6, 6.07) is 12.4. The molecule has 2 fully saturated rings. The third-order valence-corrected chi connectivity index (χ3v) is 7.49. The first kappa shape index (κ1) is 24.8. The van der Waals surface area contributed by atoms with Gasteiger partial charge in [0.1, 0.15) is 11.6 Å². The summed E-state index contributed by atoms with van der Waals surface area (Å²) in [6.45, 7) is 9.77. The Kier molecular flexibility index (Phi) is 7.10. The molecule has 9 heteroatoms. The monoisotopic (exact) mass is 498 g/mol. The van der Waals surface area contributed by atoms with Gasteiger partial charge in [0.05, 0.1) is 17.9 Å². The van der Waals surface area contributed by atoms with Crippen molar-refractivity contribution in [3.8, 4) is 28.8 Å². The lowest BCUT2D eigenvalue weighted by molar-refractivity contribution is 0.0540. The molecule has 9 nitrogen and oxygen atoms in total. The van der Waals surface area contributed by atoms with Gasteiger partial charge in [0.15, 0.2) is 5.82 Å². The maximum Gasteiger partial charge on any atom is 0.206 e. The smallest absolute Gasteiger partial charge is 0.206 e. The fourth-order valence-corrected chi connectivity index (χ4v) is 5.26. The molecule has 0 radical (unpaired) electrons. The highest BCUT2D eigenvalue weighted by atomic mass is 16.3. The molecule has 37 heavy (non-hydrogen) atoms. The molecular formula is C28H34N8O. The predicted molar refractivity (Wildman–Crippen MR) is 146 cm³/mol. The van der Waals surface area contributed by atoms with Gasteiger partial charge in [-0.05, 0) is 63.8 Å². The SMILES string of the molecule is C[C@@H]1CCN(c2cc(-c3ccccc3O)nnc2N)CCN1c1ccnc(C#CCN2[C@H](C)C[C@H]2C)n1. The second kappa shape index (κ2) is 10.6. The largest absolute Gasteiger partial charge is 0.507 e. The molecule has 2 aliphatic rings. The van der Waals surface area contributed by atoms with E-state index >= 15 is 0 Å². The van der Waals surface area contributed by atoms with Crippen LogP contribution in [0.4, 0.5) is 17.3 Å². The lowest BCUT2D eigenvalue weighted by atomic mass is 9.96. The van der Waals surface area contributed by atoms with E-state index in [1.807, 2.05) is 24.3 Å². The Hall–Kier alpha value is -3.90. The molecule has 4 heterocycles. The van der Waals surface area contributed by atoms with Gasteiger partial charge in [-0.2, -0.15) is 0 Å². The Balaban J connectivity index is 1.31. The van der Waals surface area contributed by atoms with Crippen LogP contribution in [0.3, 0.4) is 0 Å². The normalized spacial score (nSPS) is 22.1. The molecule has 2 saturated heterocycles. The average molecular weight is 499 g/mol. The van der Waals surface area contributed by atoms with Crippen molar-refractivity contribution in [3.63, 3.8) is 0 Å². The summed E-state index contributed by atoms with van der Waals surface area (Å²) in [5.74, 6) is 8.40. The van der Waals surface area contributed by atoms with Gasteiger partial charge >= 0.3 is 0 Å². The maximum absolute atomic E-state index is 10.3. The highest BCUT2D eigenvalue weighted by molar-refractivity contribution is 5.74. The van der Waals surface area contributed by atoms with Crippen molar-refractivity contribution in [2.24, 2.45) is 0 Å². The van der Waals surface area contributed by atoms with Crippen molar-refractivity contribution in [3.05, 3.63) is 48.4 Å². The van der Waals surface area contributed by atoms with Gasteiger partial charge in [-0.25, -0.2) is 9.97 Å². The van der Waals surface area contributed by atoms with Crippen LogP contribution in [0.15, 0.2) is 42.6 Å². The van der Waals surface area contributed by atoms with Crippen molar-refractivity contribution >= 4 is 17.3 Å². The van der Waals surface area contributed by atoms with Crippen LogP contribution in [0.2, 0.25) is 0 Å². The van der Waals surface area contributed by atoms with E-state index in [9.17, 15) is 5.11 Å². The second-order valence-electron chi connectivity index (χ2n) is 9.98. The van der Waals surface area contributed by atoms with E-state index in [0.717, 1.165) is 44.1 Å². The number of nitrogen functional groups attached to an aromatic ring is 1. The van der Waals surface area contributed by atoms with E-state index in [-0.39, 0.29) is 11.8 Å². The topological polar surface area (TPSA) is 108 Å². The molecule has 5 rings (SSSR count). The average Bonchev–Trinajstić information content (AvgIpc) is 3.09. The Morgan fingerprint density at radius 2 is 1.84 bits per heavy atom. The molecule has 0 amide bonds. The number of para-hydroxylation sites is 1. The summed E-state index contributed by atoms with van der Waals surface area (Å²) in [7, 11) is 0. The van der Waals surface area contributed by atoms with Gasteiger partial charge in [-0.15, -0.1) is 10.2 Å². The van der Waals surface area contributed by atoms with Crippen LogP contribution < -0.4 is 15.5 Å². The molecule has 0 unspecified atom stereocenters. The van der Waals surface area contributed by atoms with Gasteiger partial charge in [-0.3, -0.25) is 4.90 Å². The minimum Gasteiger partial charge on any atom is -0.507 e. The van der Waals surface area contributed by atoms with Crippen molar-refractivity contribution in [1.29, 1.82) is 0 Å². The zero-order valence-corrected chi connectivity index (χ0v) is 21.7. The summed E-state index contributed by atoms with van der Waals surface area (Å²) >= 11 is 0. The van der Waals surface area contributed by atoms with Crippen molar-refractivity contribution < 1.29 is 5.11 Å². The van der Waals surface area contributed by atoms with E-state index in [1.165, 1.54) is 6.42 Å². The molecule has 3 N–H and O–H groups in total. The van der Waals surface area contributed by atoms with Crippen LogP contribution in [0.1, 0.15) is 39.4 Å². The van der Waals surface area contributed by atoms with Gasteiger partial charge in [-0.1, -0.05) is 18.1 Å². The molecule has 192 valence electrons. The molecule has 2 aromatic heterocycles. The molecular weight excluding hydrogens is 464 g/mol. The summed E-state index contributed by atoms with van der Waals surface area (Å²) in [4.78, 5) is 16.1. The van der Waals surface area contributed by atoms with Crippen molar-refractivity contribution in [1.82, 2.24) is 25.1 Å². The fraction of sp³-hybridized carbons (Fsp3) is 0.429. The minimum atomic E-state index is 0.166. The first-order valence-corrected chi connectivity index (χ1v) is 12.9. The molecule has 3 atom stereocenters. The van der Waals surface area contributed by atoms with Gasteiger partial charge in [0.2, 0.25) is 5.82 Å². The van der Waals surface area contributed by atoms with Crippen LogP contribution in [-0.2, 0) is 0 Å². The first-order valence-electron chi connectivity index (χ1n) is 12.9. The second-order valence-corrected chi connectivity index (χ2v) is 9.98. The lowest BCUT2D eigenvalue weighted by Gasteiger charge is -2.44. The van der Waals surface area contributed by atoms with E-state index in [4.69, 9.17) is 10.7 Å². The molecule has 2 aliphatic heterocycles. The predicted octanol–water partition coefficient (Wildman–Crippen LogP) is 3.16. The number of likely N-dealkylation sites (tertiary alicyclic amines) is 1. The highest BCUT2D eigenvalue weighted by Crippen LogP contribution is 2.32. The van der Waals surface area contributed by atoms with Gasteiger partial charge < -0.3 is 20.6 Å². The molecule has 1 aromatic carbocycles. The number of nitrogens with two attached hydrogens (primary N) is 1. The minimum absolute atomic E-state index is 0.166. The summed E-state index contributed by atoms with van der Waals surface area (Å²) in [6.07, 6.45) is 3.94. The number of anilines is 3. The number of aromatic nitrogens is 4. The van der Waals surface area contributed by atoms with Gasteiger partial charge in [0.25, 0.3) is 0 Å². The summed E-state index contributed by atoms with van der Waals surface area (Å²) in [5, 5.41) is 18.7. The van der Waals surface area contributed by atoms with E-state index in [1.54, 1.807) is 18.3 Å². The number of nitrogens with zero attached hydrogens (tertiary/aromatic N) is 7. The lowest BCUT2D eigenvalue weighted by Crippen LogP contribution is -2.52. The van der Waals surface area contributed by atoms with E-state index in [2.05, 4.69) is 62.5 Å². The van der Waals surface area contributed by atoms with Crippen LogP contribution in [0, 0.1) is 11.8 Å². The molecule has 3 aromatic rings. The maximum atomic E-state index is 10.3. The highest BCUT2D eigenvalue weighted by Gasteiger charge is 2.30. The first-order chi connectivity index (χ1) is 17.9. The Morgan fingerprint density at radius 1 is 1.03 bits per heavy atom. The molecule has 0 aliphatic carbocycles. The zero-order valence-electron chi connectivity index (χ0n) is 21.7. The van der Waals surface area contributed by atoms with Crippen LogP contribution in [-0.4, -0.2) is 74.5 Å². The van der Waals surface area contributed by atoms with Gasteiger partial charge in [0, 0.05) is 49.5 Å². The van der Waals surface area contributed by atoms with Crippen LogP contribution >= 0.6 is 0 Å². The van der Waals surface area contributed by atoms with E-state index in [0.29, 0.717) is 35.0 Å². The Labute approximate surface area is 218 Å². The van der Waals surface area contributed by atoms with Crippen LogP contribution in [0.25, 0.3) is 11.3 Å². The fourth-order valence-electron chi connectivity index (χ4n) is 5.26. The summed E-state index contributed by atoms with van der Waals surface area (Å²) < 4.78 is 0. The number of hydrogen-bond acceptors (Lipinski definition) is 9. The zero-order chi connectivity index (χ0) is 25.9. The molecule has 0 bridgehead atoms. The number of phenols is 1.